The van der Waals surface area contributed by atoms with E-state index in [1.807, 2.05) is 18.2 Å². The number of thioether (sulfide) groups is 1. The smallest absolute Gasteiger partial charge is 0.183 e. The second-order valence-corrected chi connectivity index (χ2v) is 10.2. The minimum Gasteiger partial charge on any atom is -0.361 e. The van der Waals surface area contributed by atoms with Gasteiger partial charge in [-0.2, -0.15) is 0 Å². The first-order valence-corrected chi connectivity index (χ1v) is 12.8. The first-order chi connectivity index (χ1) is 15.7. The fraction of sp³-hybridized carbons (Fsp3) is 0.200. The zero-order chi connectivity index (χ0) is 21.8. The number of hydrogen-bond donors (Lipinski definition) is 2. The monoisotopic (exact) mass is 478 g/mol. The van der Waals surface area contributed by atoms with Crippen LogP contribution in [0, 0.1) is 0 Å². The van der Waals surface area contributed by atoms with E-state index in [0.29, 0.717) is 6.04 Å². The van der Waals surface area contributed by atoms with Crippen molar-refractivity contribution >= 4 is 60.9 Å². The number of nitrogens with one attached hydrogen (secondary N) is 2. The summed E-state index contributed by atoms with van der Waals surface area (Å²) >= 11 is 9.50. The number of fused-ring (bicyclic) bond motifs is 1. The number of rotatable bonds is 7. The van der Waals surface area contributed by atoms with Gasteiger partial charge in [-0.05, 0) is 54.3 Å². The molecule has 7 heteroatoms. The van der Waals surface area contributed by atoms with Gasteiger partial charge in [-0.15, -0.1) is 0 Å². The lowest BCUT2D eigenvalue weighted by Gasteiger charge is -2.07. The molecule has 1 atom stereocenters. The number of aliphatic imine (C=N–C) groups is 1. The van der Waals surface area contributed by atoms with E-state index < -0.39 is 0 Å². The lowest BCUT2D eigenvalue weighted by atomic mass is 10.1. The number of hydrogen-bond acceptors (Lipinski definition) is 6. The molecule has 5 rings (SSSR count). The fourth-order valence-corrected chi connectivity index (χ4v) is 5.76. The van der Waals surface area contributed by atoms with E-state index in [-0.39, 0.29) is 0 Å². The molecule has 162 valence electrons. The van der Waals surface area contributed by atoms with Gasteiger partial charge in [0, 0.05) is 23.0 Å². The molecule has 2 N–H and O–H groups in total. The van der Waals surface area contributed by atoms with Crippen molar-refractivity contribution in [2.45, 2.75) is 18.9 Å². The van der Waals surface area contributed by atoms with Gasteiger partial charge in [0.2, 0.25) is 0 Å². The summed E-state index contributed by atoms with van der Waals surface area (Å²) in [5, 5.41) is 9.58. The van der Waals surface area contributed by atoms with Crippen LogP contribution in [0.3, 0.4) is 0 Å². The Morgan fingerprint density at radius 3 is 2.66 bits per heavy atom. The molecule has 32 heavy (non-hydrogen) atoms. The van der Waals surface area contributed by atoms with Crippen LogP contribution >= 0.6 is 34.7 Å². The number of benzene rings is 3. The Kier molecular flexibility index (Phi) is 6.62. The Balaban J connectivity index is 1.11. The first kappa shape index (κ1) is 21.3. The Labute approximate surface area is 201 Å². The predicted molar refractivity (Wildman–Crippen MR) is 141 cm³/mol. The van der Waals surface area contributed by atoms with E-state index in [1.54, 1.807) is 23.1 Å². The SMILES string of the molecule is Clc1ccc2nc(NCCc3ccc(NC4=N[C@@H](Cc5ccccc5)CS4)cc3)sc2c1. The number of aromatic nitrogens is 1. The maximum atomic E-state index is 6.06. The van der Waals surface area contributed by atoms with Gasteiger partial charge in [0.05, 0.1) is 16.3 Å². The van der Waals surface area contributed by atoms with E-state index in [1.165, 1.54) is 11.1 Å². The quantitative estimate of drug-likeness (QED) is 0.309. The van der Waals surface area contributed by atoms with Crippen LogP contribution in [-0.4, -0.2) is 28.5 Å². The fourth-order valence-electron chi connectivity index (χ4n) is 3.64. The Morgan fingerprint density at radius 1 is 0.969 bits per heavy atom. The van der Waals surface area contributed by atoms with Crippen LogP contribution in [0.5, 0.6) is 0 Å². The Bertz CT molecular complexity index is 1220. The summed E-state index contributed by atoms with van der Waals surface area (Å²) in [7, 11) is 0. The molecule has 0 fully saturated rings. The standard InChI is InChI=1S/C25H23ClN4S2/c26-19-8-11-22-23(15-19)32-24(30-22)27-13-12-17-6-9-20(10-7-17)28-25-29-21(16-31-25)14-18-4-2-1-3-5-18/h1-11,15,21H,12-14,16H2,(H,27,30)(H,28,29)/t21-/m0/s1. The first-order valence-electron chi connectivity index (χ1n) is 10.6. The van der Waals surface area contributed by atoms with Gasteiger partial charge in [-0.3, -0.25) is 4.99 Å². The summed E-state index contributed by atoms with van der Waals surface area (Å²) in [5.74, 6) is 1.03. The number of thiazole rings is 1. The van der Waals surface area contributed by atoms with Crippen LogP contribution in [0.15, 0.2) is 77.8 Å². The van der Waals surface area contributed by atoms with Crippen molar-refractivity contribution in [1.82, 2.24) is 4.98 Å². The predicted octanol–water partition coefficient (Wildman–Crippen LogP) is 6.73. The van der Waals surface area contributed by atoms with E-state index >= 15 is 0 Å². The summed E-state index contributed by atoms with van der Waals surface area (Å²) in [5.41, 5.74) is 4.69. The molecule has 1 aliphatic heterocycles. The summed E-state index contributed by atoms with van der Waals surface area (Å²) in [6, 6.07) is 25.3. The van der Waals surface area contributed by atoms with Crippen LogP contribution in [0.1, 0.15) is 11.1 Å². The van der Waals surface area contributed by atoms with Gasteiger partial charge in [-0.25, -0.2) is 4.98 Å². The van der Waals surface area contributed by atoms with Gasteiger partial charge in [0.1, 0.15) is 0 Å². The molecular formula is C25H23ClN4S2. The minimum absolute atomic E-state index is 0.341. The molecule has 1 aromatic heterocycles. The zero-order valence-corrected chi connectivity index (χ0v) is 19.8. The molecule has 3 aromatic carbocycles. The zero-order valence-electron chi connectivity index (χ0n) is 17.4. The Hall–Kier alpha value is -2.54. The van der Waals surface area contributed by atoms with E-state index in [0.717, 1.165) is 56.4 Å². The van der Waals surface area contributed by atoms with Crippen molar-refractivity contribution in [3.63, 3.8) is 0 Å². The van der Waals surface area contributed by atoms with Crippen LogP contribution in [0.4, 0.5) is 10.8 Å². The molecule has 0 bridgehead atoms. The third kappa shape index (κ3) is 5.44. The van der Waals surface area contributed by atoms with Gasteiger partial charge >= 0.3 is 0 Å². The van der Waals surface area contributed by atoms with E-state index in [9.17, 15) is 0 Å². The van der Waals surface area contributed by atoms with Gasteiger partial charge in [-0.1, -0.05) is 77.2 Å². The molecule has 2 heterocycles. The molecule has 0 saturated heterocycles. The van der Waals surface area contributed by atoms with Gasteiger partial charge in [0.25, 0.3) is 0 Å². The highest BCUT2D eigenvalue weighted by atomic mass is 35.5. The molecule has 0 spiro atoms. The highest BCUT2D eigenvalue weighted by Crippen LogP contribution is 2.28. The van der Waals surface area contributed by atoms with Crippen molar-refractivity contribution in [2.75, 3.05) is 22.9 Å². The molecule has 0 saturated carbocycles. The van der Waals surface area contributed by atoms with Gasteiger partial charge in [0.15, 0.2) is 10.3 Å². The number of nitrogens with zero attached hydrogens (tertiary/aromatic N) is 2. The molecule has 0 amide bonds. The topological polar surface area (TPSA) is 49.3 Å². The van der Waals surface area contributed by atoms with Crippen LogP contribution in [0.25, 0.3) is 10.2 Å². The molecule has 0 radical (unpaired) electrons. The molecule has 1 aliphatic rings. The maximum Gasteiger partial charge on any atom is 0.183 e. The summed E-state index contributed by atoms with van der Waals surface area (Å²) < 4.78 is 1.11. The second kappa shape index (κ2) is 9.94. The highest BCUT2D eigenvalue weighted by Gasteiger charge is 2.18. The number of anilines is 2. The van der Waals surface area contributed by atoms with Crippen LogP contribution in [-0.2, 0) is 12.8 Å². The number of amidine groups is 1. The Morgan fingerprint density at radius 2 is 1.81 bits per heavy atom. The van der Waals surface area contributed by atoms with Crippen molar-refractivity contribution < 1.29 is 0 Å². The highest BCUT2D eigenvalue weighted by molar-refractivity contribution is 8.14. The van der Waals surface area contributed by atoms with E-state index in [2.05, 4.69) is 70.2 Å². The summed E-state index contributed by atoms with van der Waals surface area (Å²) in [6.07, 6.45) is 1.93. The molecule has 0 aliphatic carbocycles. The van der Waals surface area contributed by atoms with E-state index in [4.69, 9.17) is 16.6 Å². The average Bonchev–Trinajstić information content (AvgIpc) is 3.41. The molecular weight excluding hydrogens is 456 g/mol. The lowest BCUT2D eigenvalue weighted by molar-refractivity contribution is 0.762. The van der Waals surface area contributed by atoms with Crippen molar-refractivity contribution in [2.24, 2.45) is 4.99 Å². The normalized spacial score (nSPS) is 15.7. The largest absolute Gasteiger partial charge is 0.361 e. The summed E-state index contributed by atoms with van der Waals surface area (Å²) in [4.78, 5) is 9.46. The minimum atomic E-state index is 0.341. The van der Waals surface area contributed by atoms with Crippen molar-refractivity contribution in [1.29, 1.82) is 0 Å². The summed E-state index contributed by atoms with van der Waals surface area (Å²) in [6.45, 7) is 0.837. The maximum absolute atomic E-state index is 6.06. The third-order valence-corrected chi connectivity index (χ3v) is 7.52. The van der Waals surface area contributed by atoms with Crippen LogP contribution in [0.2, 0.25) is 5.02 Å². The van der Waals surface area contributed by atoms with Gasteiger partial charge < -0.3 is 10.6 Å². The third-order valence-electron chi connectivity index (χ3n) is 5.27. The second-order valence-electron chi connectivity index (χ2n) is 7.72. The van der Waals surface area contributed by atoms with Crippen LogP contribution < -0.4 is 10.6 Å². The van der Waals surface area contributed by atoms with Crippen molar-refractivity contribution in [3.8, 4) is 0 Å². The molecule has 0 unspecified atom stereocenters. The lowest BCUT2D eigenvalue weighted by Crippen LogP contribution is -2.08. The molecule has 4 nitrogen and oxygen atoms in total. The molecule has 4 aromatic rings. The number of halogens is 1. The average molecular weight is 479 g/mol. The van der Waals surface area contributed by atoms with Crippen molar-refractivity contribution in [3.05, 3.63) is 88.9 Å².